The topological polar surface area (TPSA) is 57.2 Å². The third-order valence-electron chi connectivity index (χ3n) is 6.81. The average Bonchev–Trinajstić information content (AvgIpc) is 3.25. The van der Waals surface area contributed by atoms with Crippen LogP contribution in [0.15, 0.2) is 47.4 Å². The molecule has 178 valence electrons. The Kier molecular flexibility index (Phi) is 5.78. The molecule has 1 atom stereocenters. The number of alkyl halides is 3. The van der Waals surface area contributed by atoms with Gasteiger partial charge in [0.15, 0.2) is 5.76 Å². The van der Waals surface area contributed by atoms with Crippen molar-refractivity contribution in [3.05, 3.63) is 58.6 Å². The fourth-order valence-electron chi connectivity index (χ4n) is 4.89. The lowest BCUT2D eigenvalue weighted by Crippen LogP contribution is -2.44. The molecular weight excluding hydrogens is 435 g/mol. The number of benzene rings is 1. The predicted octanol–water partition coefficient (Wildman–Crippen LogP) is 3.80. The van der Waals surface area contributed by atoms with Gasteiger partial charge in [0.25, 0.3) is 0 Å². The van der Waals surface area contributed by atoms with E-state index in [1.165, 1.54) is 17.7 Å². The fourth-order valence-corrected chi connectivity index (χ4v) is 4.89. The number of allylic oxidation sites excluding steroid dienone is 2. The van der Waals surface area contributed by atoms with Crippen LogP contribution in [0.3, 0.4) is 0 Å². The Bertz CT molecular complexity index is 1010. The first kappa shape index (κ1) is 22.2. The number of ether oxygens (including phenoxy) is 2. The first-order valence-corrected chi connectivity index (χ1v) is 11.3. The standard InChI is InChI=1S/C24H28F3N3O3/c1-29-20-4-3-16(24(25,26)27)11-18(20)19(12-23(29)31)28-17-6-8-30(9-7-17)13-15-2-5-21-22(10-15)33-14-32-21/h3-4,10-12,17,23,28,31H,2,5-9,13-14H2,1H3. The highest BCUT2D eigenvalue weighted by Crippen LogP contribution is 2.38. The zero-order valence-electron chi connectivity index (χ0n) is 18.5. The summed E-state index contributed by atoms with van der Waals surface area (Å²) in [6.07, 6.45) is 1.97. The molecule has 33 heavy (non-hydrogen) atoms. The van der Waals surface area contributed by atoms with Crippen LogP contribution in [0.25, 0.3) is 5.70 Å². The highest BCUT2D eigenvalue weighted by Gasteiger charge is 2.34. The van der Waals surface area contributed by atoms with Crippen LogP contribution < -0.4 is 10.2 Å². The van der Waals surface area contributed by atoms with Gasteiger partial charge in [-0.25, -0.2) is 0 Å². The van der Waals surface area contributed by atoms with Crippen LogP contribution in [0.1, 0.15) is 36.8 Å². The van der Waals surface area contributed by atoms with Gasteiger partial charge >= 0.3 is 6.18 Å². The molecule has 1 saturated heterocycles. The van der Waals surface area contributed by atoms with Gasteiger partial charge in [-0.15, -0.1) is 0 Å². The molecule has 1 aromatic carbocycles. The van der Waals surface area contributed by atoms with E-state index in [9.17, 15) is 18.3 Å². The Morgan fingerprint density at radius 2 is 1.94 bits per heavy atom. The molecule has 0 radical (unpaired) electrons. The molecule has 1 unspecified atom stereocenters. The first-order chi connectivity index (χ1) is 15.8. The summed E-state index contributed by atoms with van der Waals surface area (Å²) in [6, 6.07) is 3.78. The van der Waals surface area contributed by atoms with E-state index in [2.05, 4.69) is 16.3 Å². The predicted molar refractivity (Wildman–Crippen MR) is 118 cm³/mol. The normalized spacial score (nSPS) is 23.9. The van der Waals surface area contributed by atoms with Crippen molar-refractivity contribution in [3.8, 4) is 0 Å². The van der Waals surface area contributed by atoms with E-state index in [-0.39, 0.29) is 6.04 Å². The van der Waals surface area contributed by atoms with E-state index in [4.69, 9.17) is 9.47 Å². The van der Waals surface area contributed by atoms with Crippen molar-refractivity contribution in [1.82, 2.24) is 10.2 Å². The number of piperidine rings is 1. The second-order valence-corrected chi connectivity index (χ2v) is 9.03. The van der Waals surface area contributed by atoms with E-state index in [1.54, 1.807) is 18.0 Å². The molecule has 1 aliphatic carbocycles. The molecule has 6 nitrogen and oxygen atoms in total. The number of hydrogen-bond donors (Lipinski definition) is 2. The Hall–Kier alpha value is -2.65. The quantitative estimate of drug-likeness (QED) is 0.709. The number of aliphatic hydroxyl groups excluding tert-OH is 1. The molecule has 1 fully saturated rings. The van der Waals surface area contributed by atoms with Crippen molar-refractivity contribution in [2.24, 2.45) is 0 Å². The smallest absolute Gasteiger partial charge is 0.416 e. The summed E-state index contributed by atoms with van der Waals surface area (Å²) < 4.78 is 50.8. The lowest BCUT2D eigenvalue weighted by atomic mass is 9.97. The molecule has 1 aromatic rings. The molecule has 9 heteroatoms. The molecule has 3 aliphatic heterocycles. The second-order valence-electron chi connectivity index (χ2n) is 9.03. The Labute approximate surface area is 190 Å². The summed E-state index contributed by atoms with van der Waals surface area (Å²) in [7, 11) is 1.67. The Morgan fingerprint density at radius 1 is 1.15 bits per heavy atom. The third kappa shape index (κ3) is 4.56. The molecular formula is C24H28F3N3O3. The zero-order valence-corrected chi connectivity index (χ0v) is 18.5. The molecule has 5 rings (SSSR count). The van der Waals surface area contributed by atoms with Crippen LogP contribution in [0.2, 0.25) is 0 Å². The number of anilines is 1. The molecule has 0 saturated carbocycles. The maximum Gasteiger partial charge on any atom is 0.416 e. The molecule has 2 N–H and O–H groups in total. The SMILES string of the molecule is CN1c2ccc(C(F)(F)F)cc2C(NC2CCN(CC3=CC4=C(CC3)OCO4)CC2)=CC1O. The van der Waals surface area contributed by atoms with Crippen molar-refractivity contribution >= 4 is 11.4 Å². The number of likely N-dealkylation sites (tertiary alicyclic amines) is 1. The lowest BCUT2D eigenvalue weighted by molar-refractivity contribution is -0.137. The number of hydrogen-bond acceptors (Lipinski definition) is 6. The van der Waals surface area contributed by atoms with Gasteiger partial charge in [-0.3, -0.25) is 4.90 Å². The molecule has 3 heterocycles. The largest absolute Gasteiger partial charge is 0.458 e. The van der Waals surface area contributed by atoms with Crippen molar-refractivity contribution in [1.29, 1.82) is 0 Å². The minimum Gasteiger partial charge on any atom is -0.458 e. The molecule has 0 spiro atoms. The van der Waals surface area contributed by atoms with Crippen LogP contribution in [-0.2, 0) is 15.7 Å². The maximum atomic E-state index is 13.3. The number of likely N-dealkylation sites (N-methyl/N-ethyl adjacent to an activating group) is 1. The summed E-state index contributed by atoms with van der Waals surface area (Å²) >= 11 is 0. The zero-order chi connectivity index (χ0) is 23.2. The van der Waals surface area contributed by atoms with Gasteiger partial charge in [0.05, 0.1) is 5.56 Å². The third-order valence-corrected chi connectivity index (χ3v) is 6.81. The molecule has 0 amide bonds. The highest BCUT2D eigenvalue weighted by atomic mass is 19.4. The Balaban J connectivity index is 1.23. The van der Waals surface area contributed by atoms with Crippen LogP contribution in [0.5, 0.6) is 0 Å². The van der Waals surface area contributed by atoms with Crippen molar-refractivity contribution in [2.45, 2.75) is 44.1 Å². The first-order valence-electron chi connectivity index (χ1n) is 11.3. The number of halogens is 3. The van der Waals surface area contributed by atoms with Gasteiger partial charge in [-0.2, -0.15) is 13.2 Å². The second kappa shape index (κ2) is 8.61. The van der Waals surface area contributed by atoms with Gasteiger partial charge in [0, 0.05) is 56.1 Å². The van der Waals surface area contributed by atoms with Gasteiger partial charge in [-0.05, 0) is 49.6 Å². The van der Waals surface area contributed by atoms with E-state index in [0.29, 0.717) is 23.7 Å². The number of fused-ring (bicyclic) bond motifs is 1. The number of nitrogens with zero attached hydrogens (tertiary/aromatic N) is 2. The monoisotopic (exact) mass is 463 g/mol. The molecule has 0 aromatic heterocycles. The van der Waals surface area contributed by atoms with E-state index < -0.39 is 18.0 Å². The minimum absolute atomic E-state index is 0.131. The fraction of sp³-hybridized carbons (Fsp3) is 0.500. The highest BCUT2D eigenvalue weighted by molar-refractivity contribution is 5.80. The molecule has 4 aliphatic rings. The van der Waals surface area contributed by atoms with Crippen molar-refractivity contribution < 1.29 is 27.8 Å². The van der Waals surface area contributed by atoms with Gasteiger partial charge in [0.2, 0.25) is 6.79 Å². The minimum atomic E-state index is -4.42. The van der Waals surface area contributed by atoms with E-state index >= 15 is 0 Å². The van der Waals surface area contributed by atoms with Crippen LogP contribution in [-0.4, -0.2) is 55.8 Å². The summed E-state index contributed by atoms with van der Waals surface area (Å²) in [5, 5.41) is 13.8. The van der Waals surface area contributed by atoms with Crippen LogP contribution >= 0.6 is 0 Å². The summed E-state index contributed by atoms with van der Waals surface area (Å²) in [5.74, 6) is 1.81. The number of nitrogens with one attached hydrogen (secondary N) is 1. The summed E-state index contributed by atoms with van der Waals surface area (Å²) in [4.78, 5) is 3.97. The lowest BCUT2D eigenvalue weighted by Gasteiger charge is -2.37. The molecule has 0 bridgehead atoms. The summed E-state index contributed by atoms with van der Waals surface area (Å²) in [6.45, 7) is 2.98. The van der Waals surface area contributed by atoms with Crippen LogP contribution in [0, 0.1) is 0 Å². The average molecular weight is 464 g/mol. The number of rotatable bonds is 4. The van der Waals surface area contributed by atoms with E-state index in [1.807, 2.05) is 0 Å². The van der Waals surface area contributed by atoms with Crippen molar-refractivity contribution in [2.75, 3.05) is 38.4 Å². The maximum absolute atomic E-state index is 13.3. The Morgan fingerprint density at radius 3 is 2.70 bits per heavy atom. The van der Waals surface area contributed by atoms with E-state index in [0.717, 1.165) is 62.9 Å². The summed E-state index contributed by atoms with van der Waals surface area (Å²) in [5.41, 5.74) is 2.25. The van der Waals surface area contributed by atoms with Gasteiger partial charge in [0.1, 0.15) is 12.0 Å². The number of aliphatic hydroxyl groups is 1. The van der Waals surface area contributed by atoms with Crippen LogP contribution in [0.4, 0.5) is 18.9 Å². The van der Waals surface area contributed by atoms with Gasteiger partial charge in [-0.1, -0.05) is 5.57 Å². The van der Waals surface area contributed by atoms with Crippen molar-refractivity contribution in [3.63, 3.8) is 0 Å². The van der Waals surface area contributed by atoms with Gasteiger partial charge < -0.3 is 24.8 Å².